The molecule has 3 rings (SSSR count). The summed E-state index contributed by atoms with van der Waals surface area (Å²) in [6.45, 7) is 6.18. The van der Waals surface area contributed by atoms with Crippen molar-refractivity contribution in [3.8, 4) is 17.1 Å². The third-order valence-corrected chi connectivity index (χ3v) is 3.25. The fraction of sp³-hybridized carbons (Fsp3) is 0.176. The molecule has 20 heavy (non-hydrogen) atoms. The quantitative estimate of drug-likeness (QED) is 0.703. The van der Waals surface area contributed by atoms with E-state index in [0.717, 1.165) is 22.9 Å². The van der Waals surface area contributed by atoms with Crippen molar-refractivity contribution in [2.45, 2.75) is 20.8 Å². The normalized spacial score (nSPS) is 10.8. The first kappa shape index (κ1) is 12.6. The lowest BCUT2D eigenvalue weighted by molar-refractivity contribution is 0.840. The highest BCUT2D eigenvalue weighted by Crippen LogP contribution is 2.19. The van der Waals surface area contributed by atoms with Crippen molar-refractivity contribution >= 4 is 0 Å². The van der Waals surface area contributed by atoms with Crippen LogP contribution in [0.3, 0.4) is 0 Å². The molecule has 0 unspecified atom stereocenters. The Bertz CT molecular complexity index is 722. The van der Waals surface area contributed by atoms with Gasteiger partial charge in [0.25, 0.3) is 0 Å². The van der Waals surface area contributed by atoms with Crippen molar-refractivity contribution in [2.24, 2.45) is 0 Å². The summed E-state index contributed by atoms with van der Waals surface area (Å²) >= 11 is 0. The summed E-state index contributed by atoms with van der Waals surface area (Å²) in [4.78, 5) is 4.57. The van der Waals surface area contributed by atoms with Crippen molar-refractivity contribution in [2.75, 3.05) is 0 Å². The Kier molecular flexibility index (Phi) is 3.11. The van der Waals surface area contributed by atoms with E-state index in [9.17, 15) is 0 Å². The van der Waals surface area contributed by atoms with Crippen LogP contribution in [0.1, 0.15) is 17.0 Å². The minimum atomic E-state index is 0.766. The van der Waals surface area contributed by atoms with Crippen LogP contribution < -0.4 is 0 Å². The van der Waals surface area contributed by atoms with Gasteiger partial charge in [0.1, 0.15) is 5.82 Å². The first-order valence-corrected chi connectivity index (χ1v) is 6.71. The maximum Gasteiger partial charge on any atom is 0.181 e. The van der Waals surface area contributed by atoms with Gasteiger partial charge in [-0.05, 0) is 44.0 Å². The van der Waals surface area contributed by atoms with E-state index in [4.69, 9.17) is 0 Å². The first-order valence-electron chi connectivity index (χ1n) is 6.71. The summed E-state index contributed by atoms with van der Waals surface area (Å²) in [5.41, 5.74) is 4.57. The Morgan fingerprint density at radius 2 is 1.50 bits per heavy atom. The summed E-state index contributed by atoms with van der Waals surface area (Å²) in [6, 6.07) is 16.5. The highest BCUT2D eigenvalue weighted by atomic mass is 15.3. The Morgan fingerprint density at radius 1 is 0.850 bits per heavy atom. The molecule has 1 heterocycles. The monoisotopic (exact) mass is 263 g/mol. The van der Waals surface area contributed by atoms with Crippen molar-refractivity contribution < 1.29 is 0 Å². The van der Waals surface area contributed by atoms with Crippen LogP contribution in [0.25, 0.3) is 17.1 Å². The smallest absolute Gasteiger partial charge is 0.181 e. The minimum absolute atomic E-state index is 0.766. The molecular formula is C17H17N3. The average molecular weight is 263 g/mol. The van der Waals surface area contributed by atoms with Crippen LogP contribution in [0.15, 0.2) is 48.5 Å². The molecule has 0 aliphatic rings. The third kappa shape index (κ3) is 2.35. The Labute approximate surface area is 118 Å². The molecule has 0 fully saturated rings. The number of aryl methyl sites for hydroxylation is 3. The Hall–Kier alpha value is -2.42. The fourth-order valence-corrected chi connectivity index (χ4v) is 2.42. The van der Waals surface area contributed by atoms with Crippen LogP contribution in [-0.4, -0.2) is 14.8 Å². The molecule has 3 nitrogen and oxygen atoms in total. The molecule has 1 aromatic heterocycles. The van der Waals surface area contributed by atoms with Crippen LogP contribution in [0.2, 0.25) is 0 Å². The highest BCUT2D eigenvalue weighted by molar-refractivity contribution is 5.54. The predicted molar refractivity (Wildman–Crippen MR) is 81.0 cm³/mol. The lowest BCUT2D eigenvalue weighted by Gasteiger charge is -2.05. The minimum Gasteiger partial charge on any atom is -0.218 e. The number of rotatable bonds is 2. The molecule has 0 saturated heterocycles. The first-order chi connectivity index (χ1) is 9.63. The fourth-order valence-electron chi connectivity index (χ4n) is 2.42. The Morgan fingerprint density at radius 3 is 2.15 bits per heavy atom. The van der Waals surface area contributed by atoms with Crippen molar-refractivity contribution in [3.05, 3.63) is 65.5 Å². The predicted octanol–water partition coefficient (Wildman–Crippen LogP) is 3.86. The number of nitrogens with zero attached hydrogens (tertiary/aromatic N) is 3. The molecule has 0 amide bonds. The van der Waals surface area contributed by atoms with E-state index < -0.39 is 0 Å². The third-order valence-electron chi connectivity index (χ3n) is 3.25. The van der Waals surface area contributed by atoms with Gasteiger partial charge in [0, 0.05) is 5.56 Å². The molecule has 100 valence electrons. The van der Waals surface area contributed by atoms with Gasteiger partial charge in [-0.25, -0.2) is 9.67 Å². The average Bonchev–Trinajstić information content (AvgIpc) is 2.81. The number of aromatic nitrogens is 3. The van der Waals surface area contributed by atoms with Gasteiger partial charge < -0.3 is 0 Å². The summed E-state index contributed by atoms with van der Waals surface area (Å²) in [6.07, 6.45) is 0. The van der Waals surface area contributed by atoms with Crippen LogP contribution >= 0.6 is 0 Å². The second-order valence-electron chi connectivity index (χ2n) is 5.11. The van der Waals surface area contributed by atoms with Gasteiger partial charge in [0.05, 0.1) is 5.69 Å². The van der Waals surface area contributed by atoms with Gasteiger partial charge in [0.2, 0.25) is 0 Å². The maximum atomic E-state index is 4.64. The second kappa shape index (κ2) is 4.93. The van der Waals surface area contributed by atoms with Crippen molar-refractivity contribution in [1.82, 2.24) is 14.8 Å². The summed E-state index contributed by atoms with van der Waals surface area (Å²) < 4.78 is 1.91. The number of hydrogen-bond donors (Lipinski definition) is 0. The zero-order valence-electron chi connectivity index (χ0n) is 12.0. The van der Waals surface area contributed by atoms with E-state index in [0.29, 0.717) is 0 Å². The lowest BCUT2D eigenvalue weighted by atomic mass is 10.1. The molecule has 3 heteroatoms. The molecule has 2 aromatic carbocycles. The van der Waals surface area contributed by atoms with E-state index in [2.05, 4.69) is 42.1 Å². The maximum absolute atomic E-state index is 4.64. The van der Waals surface area contributed by atoms with E-state index in [1.54, 1.807) is 0 Å². The number of benzene rings is 2. The van der Waals surface area contributed by atoms with Crippen LogP contribution in [0.5, 0.6) is 0 Å². The molecule has 0 aliphatic heterocycles. The van der Waals surface area contributed by atoms with Crippen LogP contribution in [0.4, 0.5) is 0 Å². The van der Waals surface area contributed by atoms with Crippen LogP contribution in [0, 0.1) is 20.8 Å². The molecular weight excluding hydrogens is 246 g/mol. The molecule has 0 N–H and O–H groups in total. The molecule has 0 radical (unpaired) electrons. The molecule has 0 atom stereocenters. The zero-order chi connectivity index (χ0) is 14.1. The van der Waals surface area contributed by atoms with Gasteiger partial charge >= 0.3 is 0 Å². The van der Waals surface area contributed by atoms with Crippen molar-refractivity contribution in [3.63, 3.8) is 0 Å². The van der Waals surface area contributed by atoms with Crippen molar-refractivity contribution in [1.29, 1.82) is 0 Å². The van der Waals surface area contributed by atoms with Gasteiger partial charge in [-0.2, -0.15) is 0 Å². The summed E-state index contributed by atoms with van der Waals surface area (Å²) in [7, 11) is 0. The largest absolute Gasteiger partial charge is 0.218 e. The topological polar surface area (TPSA) is 30.7 Å². The second-order valence-corrected chi connectivity index (χ2v) is 5.11. The molecule has 0 saturated carbocycles. The Balaban J connectivity index is 2.09. The summed E-state index contributed by atoms with van der Waals surface area (Å²) in [5, 5.41) is 4.64. The highest BCUT2D eigenvalue weighted by Gasteiger charge is 2.10. The van der Waals surface area contributed by atoms with E-state index in [-0.39, 0.29) is 0 Å². The molecule has 3 aromatic rings. The van der Waals surface area contributed by atoms with Gasteiger partial charge in [-0.3, -0.25) is 0 Å². The van der Waals surface area contributed by atoms with Gasteiger partial charge in [-0.15, -0.1) is 5.10 Å². The standard InChI is InChI=1S/C17H17N3/c1-12-9-13(2)11-16(10-12)20-14(3)18-17(19-20)15-7-5-4-6-8-15/h4-11H,1-3H3. The van der Waals surface area contributed by atoms with E-state index >= 15 is 0 Å². The molecule has 0 bridgehead atoms. The van der Waals surface area contributed by atoms with Gasteiger partial charge in [-0.1, -0.05) is 36.4 Å². The number of hydrogen-bond acceptors (Lipinski definition) is 2. The van der Waals surface area contributed by atoms with E-state index in [1.165, 1.54) is 11.1 Å². The van der Waals surface area contributed by atoms with Crippen LogP contribution in [-0.2, 0) is 0 Å². The van der Waals surface area contributed by atoms with Gasteiger partial charge in [0.15, 0.2) is 5.82 Å². The SMILES string of the molecule is Cc1cc(C)cc(-n2nc(-c3ccccc3)nc2C)c1. The summed E-state index contributed by atoms with van der Waals surface area (Å²) in [5.74, 6) is 1.66. The lowest BCUT2D eigenvalue weighted by Crippen LogP contribution is -2.00. The molecule has 0 spiro atoms. The molecule has 0 aliphatic carbocycles. The van der Waals surface area contributed by atoms with E-state index in [1.807, 2.05) is 41.9 Å². The zero-order valence-corrected chi connectivity index (χ0v) is 12.0.